The summed E-state index contributed by atoms with van der Waals surface area (Å²) < 4.78 is 0. The van der Waals surface area contributed by atoms with Gasteiger partial charge in [0.2, 0.25) is 0 Å². The van der Waals surface area contributed by atoms with Crippen LogP contribution in [0.2, 0.25) is 0 Å². The average Bonchev–Trinajstić information content (AvgIpc) is 2.46. The van der Waals surface area contributed by atoms with Gasteiger partial charge in [-0.15, -0.1) is 0 Å². The van der Waals surface area contributed by atoms with Gasteiger partial charge in [-0.05, 0) is 36.8 Å². The van der Waals surface area contributed by atoms with Crippen molar-refractivity contribution in [2.45, 2.75) is 51.0 Å². The van der Waals surface area contributed by atoms with E-state index in [9.17, 15) is 9.90 Å². The molecule has 1 saturated carbocycles. The molecule has 2 rings (SSSR count). The van der Waals surface area contributed by atoms with Gasteiger partial charge in [0.15, 0.2) is 0 Å². The Hall–Kier alpha value is -1.35. The molecule has 1 aromatic rings. The summed E-state index contributed by atoms with van der Waals surface area (Å²) >= 11 is 0. The predicted molar refractivity (Wildman–Crippen MR) is 74.0 cm³/mol. The van der Waals surface area contributed by atoms with Crippen LogP contribution in [0.5, 0.6) is 0 Å². The second kappa shape index (κ2) is 6.20. The first-order valence-corrected chi connectivity index (χ1v) is 7.10. The summed E-state index contributed by atoms with van der Waals surface area (Å²) in [6.07, 6.45) is 5.46. The Morgan fingerprint density at radius 1 is 1.11 bits per heavy atom. The molecule has 3 nitrogen and oxygen atoms in total. The summed E-state index contributed by atoms with van der Waals surface area (Å²) in [5, 5.41) is 19.3. The SMILES string of the molecule is CC(C(=O)O)c1ccc(C(O)C2CCCCC2)cc1. The molecule has 2 unspecified atom stereocenters. The normalized spacial score (nSPS) is 19.9. The van der Waals surface area contributed by atoms with Gasteiger partial charge in [-0.1, -0.05) is 43.5 Å². The quantitative estimate of drug-likeness (QED) is 0.873. The number of carbonyl (C=O) groups is 1. The fourth-order valence-corrected chi connectivity index (χ4v) is 2.85. The number of aliphatic hydroxyl groups is 1. The van der Waals surface area contributed by atoms with Crippen LogP contribution in [0.4, 0.5) is 0 Å². The molecule has 0 aromatic heterocycles. The summed E-state index contributed by atoms with van der Waals surface area (Å²) in [7, 11) is 0. The van der Waals surface area contributed by atoms with Crippen molar-refractivity contribution < 1.29 is 15.0 Å². The van der Waals surface area contributed by atoms with Gasteiger partial charge in [-0.25, -0.2) is 0 Å². The molecule has 0 radical (unpaired) electrons. The van der Waals surface area contributed by atoms with E-state index >= 15 is 0 Å². The maximum Gasteiger partial charge on any atom is 0.310 e. The lowest BCUT2D eigenvalue weighted by molar-refractivity contribution is -0.138. The molecule has 0 bridgehead atoms. The Kier molecular flexibility index (Phi) is 4.59. The Bertz CT molecular complexity index is 418. The van der Waals surface area contributed by atoms with E-state index in [1.165, 1.54) is 19.3 Å². The molecule has 0 saturated heterocycles. The molecular weight excluding hydrogens is 240 g/mol. The van der Waals surface area contributed by atoms with Crippen molar-refractivity contribution in [3.8, 4) is 0 Å². The van der Waals surface area contributed by atoms with Crippen molar-refractivity contribution >= 4 is 5.97 Å². The monoisotopic (exact) mass is 262 g/mol. The minimum atomic E-state index is -0.819. The highest BCUT2D eigenvalue weighted by Gasteiger charge is 2.23. The molecular formula is C16H22O3. The third kappa shape index (κ3) is 3.35. The number of hydrogen-bond acceptors (Lipinski definition) is 2. The largest absolute Gasteiger partial charge is 0.481 e. The third-order valence-electron chi connectivity index (χ3n) is 4.24. The topological polar surface area (TPSA) is 57.5 Å². The Balaban J connectivity index is 2.06. The lowest BCUT2D eigenvalue weighted by atomic mass is 9.82. The lowest BCUT2D eigenvalue weighted by Gasteiger charge is -2.27. The summed E-state index contributed by atoms with van der Waals surface area (Å²) in [4.78, 5) is 10.9. The van der Waals surface area contributed by atoms with Gasteiger partial charge >= 0.3 is 5.97 Å². The van der Waals surface area contributed by atoms with E-state index in [0.29, 0.717) is 5.92 Å². The molecule has 2 atom stereocenters. The van der Waals surface area contributed by atoms with Crippen LogP contribution in [0.1, 0.15) is 62.2 Å². The van der Waals surface area contributed by atoms with Crippen molar-refractivity contribution in [3.63, 3.8) is 0 Å². The van der Waals surface area contributed by atoms with Crippen molar-refractivity contribution in [2.24, 2.45) is 5.92 Å². The molecule has 104 valence electrons. The van der Waals surface area contributed by atoms with Gasteiger partial charge in [0, 0.05) is 0 Å². The molecule has 1 aliphatic carbocycles. The zero-order valence-corrected chi connectivity index (χ0v) is 11.4. The number of carboxylic acids is 1. The highest BCUT2D eigenvalue weighted by Crippen LogP contribution is 2.34. The fourth-order valence-electron chi connectivity index (χ4n) is 2.85. The van der Waals surface area contributed by atoms with Gasteiger partial charge in [0.05, 0.1) is 12.0 Å². The number of aliphatic carboxylic acids is 1. The zero-order chi connectivity index (χ0) is 13.8. The van der Waals surface area contributed by atoms with Crippen LogP contribution in [0, 0.1) is 5.92 Å². The van der Waals surface area contributed by atoms with E-state index in [4.69, 9.17) is 5.11 Å². The van der Waals surface area contributed by atoms with E-state index in [2.05, 4.69) is 0 Å². The predicted octanol–water partition coefficient (Wildman–Crippen LogP) is 3.49. The molecule has 1 aromatic carbocycles. The van der Waals surface area contributed by atoms with Crippen LogP contribution < -0.4 is 0 Å². The first-order valence-electron chi connectivity index (χ1n) is 7.10. The summed E-state index contributed by atoms with van der Waals surface area (Å²) in [5.74, 6) is -0.960. The van der Waals surface area contributed by atoms with Crippen molar-refractivity contribution in [2.75, 3.05) is 0 Å². The molecule has 1 aliphatic rings. The molecule has 0 heterocycles. The lowest BCUT2D eigenvalue weighted by Crippen LogP contribution is -2.16. The summed E-state index contributed by atoms with van der Waals surface area (Å²) in [5.41, 5.74) is 1.69. The summed E-state index contributed by atoms with van der Waals surface area (Å²) in [6.45, 7) is 1.68. The minimum absolute atomic E-state index is 0.358. The number of benzene rings is 1. The number of carboxylic acid groups (broad SMARTS) is 1. The van der Waals surface area contributed by atoms with Gasteiger partial charge in [-0.2, -0.15) is 0 Å². The first-order chi connectivity index (χ1) is 9.09. The van der Waals surface area contributed by atoms with Crippen LogP contribution in [0.25, 0.3) is 0 Å². The van der Waals surface area contributed by atoms with Gasteiger partial charge < -0.3 is 10.2 Å². The number of hydrogen-bond donors (Lipinski definition) is 2. The van der Waals surface area contributed by atoms with Crippen LogP contribution in [-0.2, 0) is 4.79 Å². The van der Waals surface area contributed by atoms with Crippen LogP contribution >= 0.6 is 0 Å². The second-order valence-electron chi connectivity index (χ2n) is 5.57. The van der Waals surface area contributed by atoms with Gasteiger partial charge in [-0.3, -0.25) is 4.79 Å². The van der Waals surface area contributed by atoms with E-state index in [1.54, 1.807) is 6.92 Å². The fraction of sp³-hybridized carbons (Fsp3) is 0.562. The number of aliphatic hydroxyl groups excluding tert-OH is 1. The van der Waals surface area contributed by atoms with Crippen LogP contribution in [-0.4, -0.2) is 16.2 Å². The number of rotatable bonds is 4. The Morgan fingerprint density at radius 2 is 1.63 bits per heavy atom. The minimum Gasteiger partial charge on any atom is -0.481 e. The first kappa shape index (κ1) is 14.1. The molecule has 3 heteroatoms. The van der Waals surface area contributed by atoms with Crippen molar-refractivity contribution in [1.82, 2.24) is 0 Å². The second-order valence-corrected chi connectivity index (χ2v) is 5.57. The van der Waals surface area contributed by atoms with Crippen LogP contribution in [0.3, 0.4) is 0 Å². The zero-order valence-electron chi connectivity index (χ0n) is 11.4. The molecule has 0 aliphatic heterocycles. The van der Waals surface area contributed by atoms with Crippen LogP contribution in [0.15, 0.2) is 24.3 Å². The van der Waals surface area contributed by atoms with E-state index in [-0.39, 0.29) is 0 Å². The van der Waals surface area contributed by atoms with E-state index in [1.807, 2.05) is 24.3 Å². The van der Waals surface area contributed by atoms with Crippen molar-refractivity contribution in [3.05, 3.63) is 35.4 Å². The molecule has 0 spiro atoms. The maximum absolute atomic E-state index is 10.9. The molecule has 2 N–H and O–H groups in total. The van der Waals surface area contributed by atoms with E-state index < -0.39 is 18.0 Å². The average molecular weight is 262 g/mol. The third-order valence-corrected chi connectivity index (χ3v) is 4.24. The summed E-state index contributed by atoms with van der Waals surface area (Å²) in [6, 6.07) is 7.38. The maximum atomic E-state index is 10.9. The van der Waals surface area contributed by atoms with E-state index in [0.717, 1.165) is 24.0 Å². The van der Waals surface area contributed by atoms with Gasteiger partial charge in [0.25, 0.3) is 0 Å². The Labute approximate surface area is 114 Å². The van der Waals surface area contributed by atoms with Gasteiger partial charge in [0.1, 0.15) is 0 Å². The highest BCUT2D eigenvalue weighted by atomic mass is 16.4. The molecule has 0 amide bonds. The smallest absolute Gasteiger partial charge is 0.310 e. The highest BCUT2D eigenvalue weighted by molar-refractivity contribution is 5.75. The molecule has 19 heavy (non-hydrogen) atoms. The molecule has 1 fully saturated rings. The van der Waals surface area contributed by atoms with Crippen molar-refractivity contribution in [1.29, 1.82) is 0 Å². The Morgan fingerprint density at radius 3 is 2.16 bits per heavy atom. The standard InChI is InChI=1S/C16H22O3/c1-11(16(18)19)12-7-9-14(10-8-12)15(17)13-5-3-2-4-6-13/h7-11,13,15,17H,2-6H2,1H3,(H,18,19).